The van der Waals surface area contributed by atoms with Crippen molar-refractivity contribution in [2.75, 3.05) is 5.32 Å². The van der Waals surface area contributed by atoms with Crippen molar-refractivity contribution in [1.29, 1.82) is 0 Å². The second-order valence-electron chi connectivity index (χ2n) is 7.55. The summed E-state index contributed by atoms with van der Waals surface area (Å²) in [5.74, 6) is 0.391. The number of carbonyl (C=O) groups excluding carboxylic acids is 1. The van der Waals surface area contributed by atoms with Gasteiger partial charge in [0.05, 0.1) is 0 Å². The average Bonchev–Trinajstić information content (AvgIpc) is 3.18. The van der Waals surface area contributed by atoms with Crippen molar-refractivity contribution < 1.29 is 9.21 Å². The third-order valence-electron chi connectivity index (χ3n) is 5.20. The Kier molecular flexibility index (Phi) is 4.32. The topological polar surface area (TPSA) is 55.1 Å². The minimum absolute atomic E-state index is 0.151. The summed E-state index contributed by atoms with van der Waals surface area (Å²) in [7, 11) is 0. The smallest absolute Gasteiger partial charge is 0.255 e. The molecule has 0 fully saturated rings. The zero-order valence-corrected chi connectivity index (χ0v) is 16.8. The molecule has 146 valence electrons. The van der Waals surface area contributed by atoms with E-state index in [0.29, 0.717) is 17.1 Å². The standard InChI is InChI=1S/C26H20N2O2/c1-16-12-17(2)24-23(13-16)28-26(30-24)21-8-5-9-22(15-21)27-25(29)20-11-10-18-6-3-4-7-19(18)14-20/h3-15H,1-2H3,(H,27,29). The zero-order chi connectivity index (χ0) is 20.7. The van der Waals surface area contributed by atoms with Gasteiger partial charge in [-0.15, -0.1) is 0 Å². The monoisotopic (exact) mass is 392 g/mol. The number of aromatic nitrogens is 1. The highest BCUT2D eigenvalue weighted by Crippen LogP contribution is 2.29. The van der Waals surface area contributed by atoms with Gasteiger partial charge in [0.2, 0.25) is 5.89 Å². The van der Waals surface area contributed by atoms with E-state index in [9.17, 15) is 4.79 Å². The summed E-state index contributed by atoms with van der Waals surface area (Å²) in [5, 5.41) is 5.13. The van der Waals surface area contributed by atoms with Gasteiger partial charge in [-0.1, -0.05) is 42.5 Å². The lowest BCUT2D eigenvalue weighted by Gasteiger charge is -2.07. The zero-order valence-electron chi connectivity index (χ0n) is 16.8. The van der Waals surface area contributed by atoms with Crippen LogP contribution >= 0.6 is 0 Å². The molecule has 4 aromatic carbocycles. The number of carbonyl (C=O) groups is 1. The van der Waals surface area contributed by atoms with Gasteiger partial charge in [-0.2, -0.15) is 0 Å². The number of amides is 1. The molecule has 0 spiro atoms. The predicted octanol–water partition coefficient (Wildman–Crippen LogP) is 6.52. The fraction of sp³-hybridized carbons (Fsp3) is 0.0769. The molecule has 0 aliphatic rings. The number of aryl methyl sites for hydroxylation is 2. The highest BCUT2D eigenvalue weighted by atomic mass is 16.3. The van der Waals surface area contributed by atoms with Crippen LogP contribution in [0.25, 0.3) is 33.3 Å². The molecular weight excluding hydrogens is 372 g/mol. The predicted molar refractivity (Wildman–Crippen MR) is 121 cm³/mol. The number of rotatable bonds is 3. The number of oxazole rings is 1. The molecule has 1 N–H and O–H groups in total. The Balaban J connectivity index is 1.44. The SMILES string of the molecule is Cc1cc(C)c2oc(-c3cccc(NC(=O)c4ccc5ccccc5c4)c3)nc2c1. The second-order valence-corrected chi connectivity index (χ2v) is 7.55. The van der Waals surface area contributed by atoms with Crippen LogP contribution in [0.15, 0.2) is 83.3 Å². The van der Waals surface area contributed by atoms with Gasteiger partial charge in [0.15, 0.2) is 5.58 Å². The van der Waals surface area contributed by atoms with Crippen LogP contribution in [0.3, 0.4) is 0 Å². The van der Waals surface area contributed by atoms with E-state index in [2.05, 4.69) is 16.4 Å². The summed E-state index contributed by atoms with van der Waals surface area (Å²) < 4.78 is 6.01. The quantitative estimate of drug-likeness (QED) is 0.380. The number of hydrogen-bond donors (Lipinski definition) is 1. The summed E-state index contributed by atoms with van der Waals surface area (Å²) in [5.41, 5.74) is 5.97. The van der Waals surface area contributed by atoms with Gasteiger partial charge in [0, 0.05) is 16.8 Å². The van der Waals surface area contributed by atoms with E-state index in [0.717, 1.165) is 38.6 Å². The van der Waals surface area contributed by atoms with Crippen LogP contribution < -0.4 is 5.32 Å². The molecule has 1 aromatic heterocycles. The van der Waals surface area contributed by atoms with E-state index in [-0.39, 0.29) is 5.91 Å². The summed E-state index contributed by atoms with van der Waals surface area (Å²) in [6.45, 7) is 4.06. The first-order valence-electron chi connectivity index (χ1n) is 9.85. The lowest BCUT2D eigenvalue weighted by Crippen LogP contribution is -2.11. The molecule has 0 unspecified atom stereocenters. The Morgan fingerprint density at radius 3 is 2.57 bits per heavy atom. The van der Waals surface area contributed by atoms with Gasteiger partial charge in [-0.3, -0.25) is 4.79 Å². The lowest BCUT2D eigenvalue weighted by molar-refractivity contribution is 0.102. The van der Waals surface area contributed by atoms with Crippen LogP contribution in [-0.2, 0) is 0 Å². The van der Waals surface area contributed by atoms with Crippen LogP contribution in [-0.4, -0.2) is 10.9 Å². The number of nitrogens with zero attached hydrogens (tertiary/aromatic N) is 1. The minimum Gasteiger partial charge on any atom is -0.436 e. The third kappa shape index (κ3) is 3.33. The van der Waals surface area contributed by atoms with Crippen LogP contribution in [0.2, 0.25) is 0 Å². The van der Waals surface area contributed by atoms with Gasteiger partial charge >= 0.3 is 0 Å². The molecule has 1 amide bonds. The number of anilines is 1. The molecule has 4 heteroatoms. The van der Waals surface area contributed by atoms with Crippen LogP contribution in [0, 0.1) is 13.8 Å². The summed E-state index contributed by atoms with van der Waals surface area (Å²) in [4.78, 5) is 17.4. The average molecular weight is 392 g/mol. The molecule has 0 radical (unpaired) electrons. The van der Waals surface area contributed by atoms with Crippen molar-refractivity contribution in [1.82, 2.24) is 4.98 Å². The van der Waals surface area contributed by atoms with E-state index in [1.54, 1.807) is 0 Å². The van der Waals surface area contributed by atoms with Gasteiger partial charge in [-0.25, -0.2) is 4.98 Å². The van der Waals surface area contributed by atoms with Crippen molar-refractivity contribution in [3.63, 3.8) is 0 Å². The molecule has 1 heterocycles. The number of nitrogens with one attached hydrogen (secondary N) is 1. The number of fused-ring (bicyclic) bond motifs is 2. The molecule has 4 nitrogen and oxygen atoms in total. The summed E-state index contributed by atoms with van der Waals surface area (Å²) in [6.07, 6.45) is 0. The third-order valence-corrected chi connectivity index (χ3v) is 5.20. The lowest BCUT2D eigenvalue weighted by atomic mass is 10.1. The first kappa shape index (κ1) is 18.1. The molecule has 5 aromatic rings. The molecule has 0 aliphatic carbocycles. The van der Waals surface area contributed by atoms with Crippen molar-refractivity contribution in [2.45, 2.75) is 13.8 Å². The van der Waals surface area contributed by atoms with Gasteiger partial charge in [-0.05, 0) is 72.1 Å². The molecule has 0 atom stereocenters. The van der Waals surface area contributed by atoms with Gasteiger partial charge in [0.1, 0.15) is 5.52 Å². The Bertz CT molecular complexity index is 1420. The highest BCUT2D eigenvalue weighted by molar-refractivity contribution is 6.06. The van der Waals surface area contributed by atoms with Crippen LogP contribution in [0.5, 0.6) is 0 Å². The number of hydrogen-bond acceptors (Lipinski definition) is 3. The van der Waals surface area contributed by atoms with Crippen molar-refractivity contribution >= 4 is 33.5 Å². The Morgan fingerprint density at radius 1 is 0.867 bits per heavy atom. The van der Waals surface area contributed by atoms with E-state index in [4.69, 9.17) is 4.42 Å². The maximum absolute atomic E-state index is 12.8. The van der Waals surface area contributed by atoms with Gasteiger partial charge in [0.25, 0.3) is 5.91 Å². The van der Waals surface area contributed by atoms with Crippen molar-refractivity contribution in [3.05, 3.63) is 95.6 Å². The van der Waals surface area contributed by atoms with E-state index in [1.165, 1.54) is 0 Å². The number of benzene rings is 4. The molecule has 5 rings (SSSR count). The highest BCUT2D eigenvalue weighted by Gasteiger charge is 2.12. The largest absolute Gasteiger partial charge is 0.436 e. The fourth-order valence-corrected chi connectivity index (χ4v) is 3.76. The molecule has 0 saturated heterocycles. The normalized spacial score (nSPS) is 11.1. The van der Waals surface area contributed by atoms with Crippen molar-refractivity contribution in [2.24, 2.45) is 0 Å². The molecule has 30 heavy (non-hydrogen) atoms. The molecule has 0 aliphatic heterocycles. The Labute approximate surface area is 174 Å². The van der Waals surface area contributed by atoms with E-state index < -0.39 is 0 Å². The van der Waals surface area contributed by atoms with E-state index in [1.807, 2.05) is 86.6 Å². The maximum Gasteiger partial charge on any atom is 0.255 e. The molecule has 0 saturated carbocycles. The fourth-order valence-electron chi connectivity index (χ4n) is 3.76. The summed E-state index contributed by atoms with van der Waals surface area (Å²) in [6, 6.07) is 25.4. The first-order valence-corrected chi connectivity index (χ1v) is 9.85. The first-order chi connectivity index (χ1) is 14.6. The van der Waals surface area contributed by atoms with Crippen molar-refractivity contribution in [3.8, 4) is 11.5 Å². The molecule has 0 bridgehead atoms. The van der Waals surface area contributed by atoms with Gasteiger partial charge < -0.3 is 9.73 Å². The summed E-state index contributed by atoms with van der Waals surface area (Å²) >= 11 is 0. The maximum atomic E-state index is 12.8. The Morgan fingerprint density at radius 2 is 1.70 bits per heavy atom. The minimum atomic E-state index is -0.151. The van der Waals surface area contributed by atoms with Crippen LogP contribution in [0.4, 0.5) is 5.69 Å². The van der Waals surface area contributed by atoms with E-state index >= 15 is 0 Å². The second kappa shape index (κ2) is 7.16. The Hall–Kier alpha value is -3.92. The van der Waals surface area contributed by atoms with Crippen LogP contribution in [0.1, 0.15) is 21.5 Å². The molecular formula is C26H20N2O2.